The van der Waals surface area contributed by atoms with Gasteiger partial charge in [-0.2, -0.15) is 4.62 Å². The lowest BCUT2D eigenvalue weighted by molar-refractivity contribution is 0.315. The molecule has 1 heterocycles. The maximum Gasteiger partial charge on any atom is 0.427 e. The second-order valence-electron chi connectivity index (χ2n) is 4.95. The molecule has 1 unspecified atom stereocenters. The monoisotopic (exact) mass is 381 g/mol. The van der Waals surface area contributed by atoms with Crippen molar-refractivity contribution in [3.05, 3.63) is 42.5 Å². The molecule has 1 aromatic heterocycles. The highest BCUT2D eigenvalue weighted by molar-refractivity contribution is 7.58. The molecular formula is C16H20N3O6P. The first-order valence-corrected chi connectivity index (χ1v) is 9.12. The van der Waals surface area contributed by atoms with Crippen molar-refractivity contribution in [3.8, 4) is 23.0 Å². The number of hydrogen-bond acceptors (Lipinski definition) is 9. The maximum atomic E-state index is 13.2. The molecule has 2 aromatic rings. The molecule has 1 aromatic carbocycles. The fraction of sp³-hybridized carbons (Fsp3) is 0.250. The number of aromatic hydroxyl groups is 1. The molecule has 0 aliphatic heterocycles. The van der Waals surface area contributed by atoms with Crippen LogP contribution in [0.4, 0.5) is 5.95 Å². The maximum absolute atomic E-state index is 13.2. The zero-order valence-corrected chi connectivity index (χ0v) is 15.5. The topological polar surface area (TPSA) is 112 Å². The number of nitrogens with zero attached hydrogens (tertiary/aromatic N) is 2. The van der Waals surface area contributed by atoms with E-state index in [1.54, 1.807) is 13.0 Å². The average Bonchev–Trinajstić information content (AvgIpc) is 2.67. The van der Waals surface area contributed by atoms with Gasteiger partial charge in [0.1, 0.15) is 5.75 Å². The Morgan fingerprint density at radius 2 is 1.81 bits per heavy atom. The average molecular weight is 381 g/mol. The van der Waals surface area contributed by atoms with E-state index < -0.39 is 7.60 Å². The Bertz CT molecular complexity index is 790. The summed E-state index contributed by atoms with van der Waals surface area (Å²) in [6.07, 6.45) is 3.34. The van der Waals surface area contributed by atoms with Gasteiger partial charge in [-0.25, -0.2) is 20.0 Å². The van der Waals surface area contributed by atoms with Crippen molar-refractivity contribution in [3.63, 3.8) is 0 Å². The summed E-state index contributed by atoms with van der Waals surface area (Å²) in [6, 6.07) is 4.34. The van der Waals surface area contributed by atoms with Crippen LogP contribution in [-0.2, 0) is 9.19 Å². The molecular weight excluding hydrogens is 361 g/mol. The smallest absolute Gasteiger partial charge is 0.427 e. The number of rotatable bonds is 9. The number of phenolic OH excluding ortho intramolecular Hbond substituents is 1. The number of anilines is 1. The number of nitrogens with one attached hydrogen (secondary N) is 1. The Kier molecular flexibility index (Phi) is 6.43. The summed E-state index contributed by atoms with van der Waals surface area (Å²) < 4.78 is 34.1. The molecule has 2 N–H and O–H groups in total. The van der Waals surface area contributed by atoms with E-state index in [0.29, 0.717) is 6.42 Å². The zero-order chi connectivity index (χ0) is 19.2. The fourth-order valence-electron chi connectivity index (χ4n) is 1.85. The van der Waals surface area contributed by atoms with E-state index in [1.165, 1.54) is 38.7 Å². The highest BCUT2D eigenvalue weighted by Crippen LogP contribution is 2.57. The lowest BCUT2D eigenvalue weighted by atomic mass is 10.3. The number of ether oxygens (including phenoxy) is 2. The molecule has 0 fully saturated rings. The second kappa shape index (κ2) is 8.55. The van der Waals surface area contributed by atoms with Gasteiger partial charge in [0, 0.05) is 29.8 Å². The standard InChI is InChI=1S/C16H20N3O6P/c1-5-11(2)26(21,25-19-16-17-7-6-8-18-16)24-12-9-13(22-3)15(20)14(10-12)23-4/h6-10,20H,2,5H2,1,3-4H3,(H,17,18,19). The highest BCUT2D eigenvalue weighted by atomic mass is 31.2. The van der Waals surface area contributed by atoms with Crippen molar-refractivity contribution in [1.29, 1.82) is 0 Å². The van der Waals surface area contributed by atoms with E-state index >= 15 is 0 Å². The second-order valence-corrected chi connectivity index (χ2v) is 6.94. The van der Waals surface area contributed by atoms with Crippen LogP contribution in [0.3, 0.4) is 0 Å². The first-order valence-electron chi connectivity index (χ1n) is 7.58. The molecule has 0 bridgehead atoms. The van der Waals surface area contributed by atoms with E-state index in [1.807, 2.05) is 0 Å². The SMILES string of the molecule is C=C(CC)P(=O)(ONc1ncccn1)Oc1cc(OC)c(O)c(OC)c1. The molecule has 1 atom stereocenters. The van der Waals surface area contributed by atoms with Crippen LogP contribution in [0, 0.1) is 0 Å². The third kappa shape index (κ3) is 4.44. The van der Waals surface area contributed by atoms with E-state index in [0.717, 1.165) is 0 Å². The minimum atomic E-state index is -3.85. The number of phenols is 1. The van der Waals surface area contributed by atoms with E-state index in [9.17, 15) is 9.67 Å². The van der Waals surface area contributed by atoms with Crippen LogP contribution >= 0.6 is 7.60 Å². The highest BCUT2D eigenvalue weighted by Gasteiger charge is 2.32. The van der Waals surface area contributed by atoms with Crippen molar-refractivity contribution >= 4 is 13.5 Å². The number of hydrogen-bond donors (Lipinski definition) is 2. The van der Waals surface area contributed by atoms with Crippen LogP contribution in [0.5, 0.6) is 23.0 Å². The molecule has 0 saturated heterocycles. The van der Waals surface area contributed by atoms with Gasteiger partial charge in [0.15, 0.2) is 11.5 Å². The van der Waals surface area contributed by atoms with Gasteiger partial charge < -0.3 is 19.1 Å². The van der Waals surface area contributed by atoms with Crippen molar-refractivity contribution < 1.29 is 28.3 Å². The molecule has 26 heavy (non-hydrogen) atoms. The van der Waals surface area contributed by atoms with E-state index in [2.05, 4.69) is 22.0 Å². The summed E-state index contributed by atoms with van der Waals surface area (Å²) in [5.41, 5.74) is 2.41. The lowest BCUT2D eigenvalue weighted by Crippen LogP contribution is -2.08. The van der Waals surface area contributed by atoms with E-state index in [4.69, 9.17) is 18.6 Å². The largest absolute Gasteiger partial charge is 0.502 e. The molecule has 0 amide bonds. The van der Waals surface area contributed by atoms with Crippen molar-refractivity contribution in [2.24, 2.45) is 0 Å². The molecule has 0 radical (unpaired) electrons. The molecule has 2 rings (SSSR count). The zero-order valence-electron chi connectivity index (χ0n) is 14.6. The van der Waals surface area contributed by atoms with Gasteiger partial charge in [-0.3, -0.25) is 0 Å². The lowest BCUT2D eigenvalue weighted by Gasteiger charge is -2.21. The molecule has 140 valence electrons. The normalized spacial score (nSPS) is 12.7. The third-order valence-electron chi connectivity index (χ3n) is 3.30. The predicted molar refractivity (Wildman–Crippen MR) is 95.6 cm³/mol. The van der Waals surface area contributed by atoms with Gasteiger partial charge in [-0.1, -0.05) is 13.5 Å². The van der Waals surface area contributed by atoms with E-state index in [-0.39, 0.29) is 34.3 Å². The van der Waals surface area contributed by atoms with Crippen molar-refractivity contribution in [1.82, 2.24) is 9.97 Å². The Labute approximate surface area is 151 Å². The third-order valence-corrected chi connectivity index (χ3v) is 5.17. The van der Waals surface area contributed by atoms with Crippen molar-refractivity contribution in [2.75, 3.05) is 19.7 Å². The molecule has 0 aliphatic rings. The molecule has 0 spiro atoms. The van der Waals surface area contributed by atoms with Crippen LogP contribution in [-0.4, -0.2) is 29.3 Å². The molecule has 10 heteroatoms. The van der Waals surface area contributed by atoms with Gasteiger partial charge in [0.25, 0.3) is 0 Å². The van der Waals surface area contributed by atoms with Gasteiger partial charge in [-0.15, -0.1) is 0 Å². The Hall–Kier alpha value is -2.77. The summed E-state index contributed by atoms with van der Waals surface area (Å²) in [7, 11) is -1.11. The Morgan fingerprint density at radius 1 is 1.23 bits per heavy atom. The molecule has 0 saturated carbocycles. The predicted octanol–water partition coefficient (Wildman–Crippen LogP) is 3.74. The number of aromatic nitrogens is 2. The molecule has 9 nitrogen and oxygen atoms in total. The number of allylic oxidation sites excluding steroid dienone is 1. The summed E-state index contributed by atoms with van der Waals surface area (Å²) in [5.74, 6) is 0.189. The van der Waals surface area contributed by atoms with Crippen LogP contribution in [0.25, 0.3) is 0 Å². The van der Waals surface area contributed by atoms with Gasteiger partial charge in [0.2, 0.25) is 11.7 Å². The van der Waals surface area contributed by atoms with Crippen LogP contribution < -0.4 is 19.5 Å². The first kappa shape index (κ1) is 19.6. The minimum Gasteiger partial charge on any atom is -0.502 e. The van der Waals surface area contributed by atoms with Crippen LogP contribution in [0.15, 0.2) is 42.5 Å². The van der Waals surface area contributed by atoms with Gasteiger partial charge in [-0.05, 0) is 12.5 Å². The summed E-state index contributed by atoms with van der Waals surface area (Å²) in [5, 5.41) is 10.2. The number of benzene rings is 1. The molecule has 0 aliphatic carbocycles. The van der Waals surface area contributed by atoms with Crippen LogP contribution in [0.2, 0.25) is 0 Å². The summed E-state index contributed by atoms with van der Waals surface area (Å²) >= 11 is 0. The first-order chi connectivity index (χ1) is 12.4. The van der Waals surface area contributed by atoms with Gasteiger partial charge >= 0.3 is 7.60 Å². The summed E-state index contributed by atoms with van der Waals surface area (Å²) in [4.78, 5) is 7.83. The Morgan fingerprint density at radius 3 is 2.31 bits per heavy atom. The fourth-order valence-corrected chi connectivity index (χ4v) is 3.12. The van der Waals surface area contributed by atoms with Crippen molar-refractivity contribution in [2.45, 2.75) is 13.3 Å². The minimum absolute atomic E-state index is 0.0902. The Balaban J connectivity index is 2.30. The summed E-state index contributed by atoms with van der Waals surface area (Å²) in [6.45, 7) is 5.51. The quantitative estimate of drug-likeness (QED) is 0.495. The van der Waals surface area contributed by atoms with Crippen LogP contribution in [0.1, 0.15) is 13.3 Å². The number of methoxy groups -OCH3 is 2. The van der Waals surface area contributed by atoms with Gasteiger partial charge in [0.05, 0.1) is 14.2 Å².